The zero-order valence-electron chi connectivity index (χ0n) is 23.9. The summed E-state index contributed by atoms with van der Waals surface area (Å²) in [5.74, 6) is -0.352. The minimum Gasteiger partial charge on any atom is -0.444 e. The van der Waals surface area contributed by atoms with Crippen LogP contribution in [0, 0.1) is 25.7 Å². The number of hydrogen-bond donors (Lipinski definition) is 2. The molecule has 5 atom stereocenters. The van der Waals surface area contributed by atoms with Crippen molar-refractivity contribution in [3.8, 4) is 0 Å². The molecule has 1 aliphatic rings. The van der Waals surface area contributed by atoms with Crippen LogP contribution < -0.4 is 10.6 Å². The third-order valence-electron chi connectivity index (χ3n) is 6.74. The minimum absolute atomic E-state index is 0.0105. The number of nitrogens with one attached hydrogen (secondary N) is 2. The number of aryl methyl sites for hydroxylation is 2. The van der Waals surface area contributed by atoms with Crippen LogP contribution in [-0.4, -0.2) is 46.5 Å². The molecule has 0 radical (unpaired) electrons. The Labute approximate surface area is 217 Å². The molecule has 7 heteroatoms. The Morgan fingerprint density at radius 1 is 1.08 bits per heavy atom. The molecule has 1 fully saturated rings. The first-order valence-electron chi connectivity index (χ1n) is 13.4. The molecule has 36 heavy (non-hydrogen) atoms. The monoisotopic (exact) mass is 501 g/mol. The van der Waals surface area contributed by atoms with Crippen molar-refractivity contribution >= 4 is 17.9 Å². The summed E-state index contributed by atoms with van der Waals surface area (Å²) in [4.78, 5) is 42.6. The molecule has 0 bridgehead atoms. The Morgan fingerprint density at radius 3 is 2.08 bits per heavy atom. The van der Waals surface area contributed by atoms with Gasteiger partial charge in [-0.15, -0.1) is 0 Å². The van der Waals surface area contributed by atoms with Crippen LogP contribution in [0.4, 0.5) is 4.79 Å². The van der Waals surface area contributed by atoms with Crippen LogP contribution in [0.1, 0.15) is 97.4 Å². The van der Waals surface area contributed by atoms with Gasteiger partial charge in [-0.1, -0.05) is 52.3 Å². The summed E-state index contributed by atoms with van der Waals surface area (Å²) < 4.78 is 5.46. The van der Waals surface area contributed by atoms with Gasteiger partial charge in [0.25, 0.3) is 0 Å². The van der Waals surface area contributed by atoms with Crippen molar-refractivity contribution in [2.75, 3.05) is 0 Å². The van der Waals surface area contributed by atoms with Gasteiger partial charge < -0.3 is 20.3 Å². The molecule has 0 spiro atoms. The molecule has 1 saturated carbocycles. The van der Waals surface area contributed by atoms with Gasteiger partial charge in [-0.05, 0) is 82.9 Å². The van der Waals surface area contributed by atoms with E-state index in [1.807, 2.05) is 52.8 Å². The first kappa shape index (κ1) is 29.7. The van der Waals surface area contributed by atoms with Gasteiger partial charge in [-0.25, -0.2) is 4.79 Å². The van der Waals surface area contributed by atoms with Crippen LogP contribution in [0.2, 0.25) is 0 Å². The number of carbonyl (C=O) groups is 3. The Morgan fingerprint density at radius 2 is 1.64 bits per heavy atom. The Bertz CT molecular complexity index is 917. The molecule has 7 nitrogen and oxygen atoms in total. The maximum absolute atomic E-state index is 14.2. The highest BCUT2D eigenvalue weighted by molar-refractivity contribution is 5.93. The Kier molecular flexibility index (Phi) is 9.98. The second kappa shape index (κ2) is 12.1. The van der Waals surface area contributed by atoms with E-state index in [1.54, 1.807) is 25.7 Å². The molecule has 1 aliphatic carbocycles. The normalized spacial score (nSPS) is 19.8. The number of carbonyl (C=O) groups excluding carboxylic acids is 3. The van der Waals surface area contributed by atoms with Crippen molar-refractivity contribution in [2.45, 2.75) is 118 Å². The smallest absolute Gasteiger partial charge is 0.408 e. The lowest BCUT2D eigenvalue weighted by Gasteiger charge is -2.37. The van der Waals surface area contributed by atoms with E-state index in [2.05, 4.69) is 24.5 Å². The molecule has 1 aromatic rings. The standard InChI is InChI=1S/C29H47N3O4/c1-11-13-21(7)30-26(33)25(23-18(4)14-12-15-19(23)5)32(22-16-20(22)6)27(34)24(17(2)3)31-28(35)36-29(8,9)10/h12,14-15,17,20-22,24-25H,11,13,16H2,1-10H3,(H,30,33)(H,31,35). The molecule has 1 aromatic carbocycles. The summed E-state index contributed by atoms with van der Waals surface area (Å²) in [7, 11) is 0. The lowest BCUT2D eigenvalue weighted by Crippen LogP contribution is -2.56. The number of rotatable bonds is 10. The van der Waals surface area contributed by atoms with E-state index < -0.39 is 23.8 Å². The SMILES string of the molecule is CCCC(C)NC(=O)C(c1c(C)cccc1C)N(C(=O)C(NC(=O)OC(C)(C)C)C(C)C)C1CC1C. The second-order valence-corrected chi connectivity index (χ2v) is 11.8. The molecule has 0 aliphatic heterocycles. The first-order chi connectivity index (χ1) is 16.7. The van der Waals surface area contributed by atoms with Crippen molar-refractivity contribution < 1.29 is 19.1 Å². The predicted molar refractivity (Wildman–Crippen MR) is 144 cm³/mol. The number of amides is 3. The van der Waals surface area contributed by atoms with E-state index in [1.165, 1.54) is 0 Å². The maximum atomic E-state index is 14.2. The van der Waals surface area contributed by atoms with Crippen molar-refractivity contribution in [1.29, 1.82) is 0 Å². The number of ether oxygens (including phenoxy) is 1. The van der Waals surface area contributed by atoms with Gasteiger partial charge in [-0.3, -0.25) is 9.59 Å². The average molecular weight is 502 g/mol. The molecule has 0 saturated heterocycles. The van der Waals surface area contributed by atoms with Gasteiger partial charge in [0.15, 0.2) is 0 Å². The highest BCUT2D eigenvalue weighted by Crippen LogP contribution is 2.42. The molecule has 3 amide bonds. The van der Waals surface area contributed by atoms with Gasteiger partial charge in [0.1, 0.15) is 17.7 Å². The van der Waals surface area contributed by atoms with Crippen LogP contribution in [0.5, 0.6) is 0 Å². The average Bonchev–Trinajstić information content (AvgIpc) is 3.45. The number of hydrogen-bond acceptors (Lipinski definition) is 4. The molecule has 0 heterocycles. The van der Waals surface area contributed by atoms with Crippen LogP contribution in [0.15, 0.2) is 18.2 Å². The third kappa shape index (κ3) is 7.71. The number of alkyl carbamates (subject to hydrolysis) is 1. The van der Waals surface area contributed by atoms with Crippen molar-refractivity contribution in [3.05, 3.63) is 34.9 Å². The summed E-state index contributed by atoms with van der Waals surface area (Å²) in [6, 6.07) is 4.25. The van der Waals surface area contributed by atoms with Gasteiger partial charge in [0.2, 0.25) is 11.8 Å². The number of benzene rings is 1. The molecule has 202 valence electrons. The van der Waals surface area contributed by atoms with Gasteiger partial charge >= 0.3 is 6.09 Å². The van der Waals surface area contributed by atoms with Gasteiger partial charge in [-0.2, -0.15) is 0 Å². The van der Waals surface area contributed by atoms with Crippen LogP contribution in [0.25, 0.3) is 0 Å². The zero-order valence-corrected chi connectivity index (χ0v) is 23.9. The Balaban J connectivity index is 2.55. The van der Waals surface area contributed by atoms with Crippen molar-refractivity contribution in [3.63, 3.8) is 0 Å². The lowest BCUT2D eigenvalue weighted by molar-refractivity contribution is -0.144. The maximum Gasteiger partial charge on any atom is 0.408 e. The largest absolute Gasteiger partial charge is 0.444 e. The van der Waals surface area contributed by atoms with Crippen molar-refractivity contribution in [1.82, 2.24) is 15.5 Å². The fraction of sp³-hybridized carbons (Fsp3) is 0.690. The molecule has 5 unspecified atom stereocenters. The minimum atomic E-state index is -0.819. The third-order valence-corrected chi connectivity index (χ3v) is 6.74. The molecule has 2 rings (SSSR count). The van der Waals surface area contributed by atoms with Gasteiger partial charge in [0, 0.05) is 12.1 Å². The van der Waals surface area contributed by atoms with E-state index in [0.717, 1.165) is 36.0 Å². The van der Waals surface area contributed by atoms with E-state index in [0.29, 0.717) is 0 Å². The van der Waals surface area contributed by atoms with Crippen LogP contribution in [0.3, 0.4) is 0 Å². The van der Waals surface area contributed by atoms with E-state index >= 15 is 0 Å². The summed E-state index contributed by atoms with van der Waals surface area (Å²) in [5, 5.41) is 5.96. The summed E-state index contributed by atoms with van der Waals surface area (Å²) in [6.45, 7) is 19.3. The van der Waals surface area contributed by atoms with Crippen molar-refractivity contribution in [2.24, 2.45) is 11.8 Å². The van der Waals surface area contributed by atoms with Gasteiger partial charge in [0.05, 0.1) is 0 Å². The lowest BCUT2D eigenvalue weighted by atomic mass is 9.92. The Hall–Kier alpha value is -2.57. The highest BCUT2D eigenvalue weighted by Gasteiger charge is 2.49. The van der Waals surface area contributed by atoms with E-state index in [4.69, 9.17) is 4.74 Å². The molecule has 2 N–H and O–H groups in total. The quantitative estimate of drug-likeness (QED) is 0.447. The summed E-state index contributed by atoms with van der Waals surface area (Å²) in [6.07, 6.45) is 1.99. The molecular weight excluding hydrogens is 454 g/mol. The predicted octanol–water partition coefficient (Wildman–Crippen LogP) is 5.44. The zero-order chi connectivity index (χ0) is 27.4. The fourth-order valence-electron chi connectivity index (χ4n) is 4.76. The molecule has 0 aromatic heterocycles. The topological polar surface area (TPSA) is 87.7 Å². The highest BCUT2D eigenvalue weighted by atomic mass is 16.6. The summed E-state index contributed by atoms with van der Waals surface area (Å²) in [5.41, 5.74) is 2.09. The fourth-order valence-corrected chi connectivity index (χ4v) is 4.76. The number of nitrogens with zero attached hydrogens (tertiary/aromatic N) is 1. The van der Waals surface area contributed by atoms with E-state index in [9.17, 15) is 14.4 Å². The van der Waals surface area contributed by atoms with Crippen LogP contribution >= 0.6 is 0 Å². The van der Waals surface area contributed by atoms with E-state index in [-0.39, 0.29) is 35.7 Å². The molecular formula is C29H47N3O4. The second-order valence-electron chi connectivity index (χ2n) is 11.8. The van der Waals surface area contributed by atoms with Crippen LogP contribution in [-0.2, 0) is 14.3 Å². The summed E-state index contributed by atoms with van der Waals surface area (Å²) >= 11 is 0. The first-order valence-corrected chi connectivity index (χ1v) is 13.4.